The van der Waals surface area contributed by atoms with Gasteiger partial charge in [0.1, 0.15) is 17.7 Å². The Morgan fingerprint density at radius 2 is 1.70 bits per heavy atom. The van der Waals surface area contributed by atoms with Crippen molar-refractivity contribution in [1.29, 1.82) is 0 Å². The summed E-state index contributed by atoms with van der Waals surface area (Å²) < 4.78 is 4.93. The van der Waals surface area contributed by atoms with Gasteiger partial charge in [0.25, 0.3) is 11.8 Å². The number of nitrogens with zero attached hydrogens (tertiary/aromatic N) is 1. The largest absolute Gasteiger partial charge is 0.451 e. The molecule has 2 aliphatic rings. The highest BCUT2D eigenvalue weighted by Gasteiger charge is 2.51. The molecule has 1 aromatic heterocycles. The average molecular weight is 759 g/mol. The Labute approximate surface area is 315 Å². The molecule has 278 valence electrons. The second kappa shape index (κ2) is 16.2. The van der Waals surface area contributed by atoms with E-state index in [1.807, 2.05) is 44.2 Å². The molecule has 1 aliphatic carbocycles. The third-order valence-corrected chi connectivity index (χ3v) is 11.7. The van der Waals surface area contributed by atoms with Gasteiger partial charge in [-0.15, -0.1) is 11.8 Å². The molecule has 0 spiro atoms. The van der Waals surface area contributed by atoms with Crippen molar-refractivity contribution in [3.05, 3.63) is 118 Å². The summed E-state index contributed by atoms with van der Waals surface area (Å²) in [5.74, 6) is -2.68. The number of benzene rings is 3. The summed E-state index contributed by atoms with van der Waals surface area (Å²) in [5, 5.41) is 31.3. The van der Waals surface area contributed by atoms with E-state index in [4.69, 9.17) is 4.42 Å². The van der Waals surface area contributed by atoms with E-state index in [-0.39, 0.29) is 29.4 Å². The number of aliphatic hydroxyl groups excluding tert-OH is 2. The lowest BCUT2D eigenvalue weighted by Crippen LogP contribution is -2.60. The highest BCUT2D eigenvalue weighted by Crippen LogP contribution is 2.41. The molecule has 6 atom stereocenters. The Morgan fingerprint density at radius 1 is 1.00 bits per heavy atom. The SMILES string of the molecule is CSCC(NC(=O)c1cc(=O)c2ccccc2o1)C(=O)NC(Cc1ccccc1)C(O)C(=O)N1CSC(C)(C)C1C(=O)NC1c2ccccc2CC1O. The fraction of sp³-hybridized carbons (Fsp3) is 0.359. The van der Waals surface area contributed by atoms with Gasteiger partial charge in [-0.2, -0.15) is 11.8 Å². The highest BCUT2D eigenvalue weighted by atomic mass is 32.2. The van der Waals surface area contributed by atoms with Crippen LogP contribution in [0.5, 0.6) is 0 Å². The number of nitrogens with one attached hydrogen (secondary N) is 3. The Kier molecular flexibility index (Phi) is 11.6. The maximum absolute atomic E-state index is 14.2. The van der Waals surface area contributed by atoms with Crippen molar-refractivity contribution in [1.82, 2.24) is 20.9 Å². The Balaban J connectivity index is 1.21. The Bertz CT molecular complexity index is 2060. The van der Waals surface area contributed by atoms with Gasteiger partial charge in [-0.05, 0) is 55.3 Å². The lowest BCUT2D eigenvalue weighted by atomic mass is 9.96. The maximum Gasteiger partial charge on any atom is 0.287 e. The van der Waals surface area contributed by atoms with Crippen LogP contribution < -0.4 is 21.4 Å². The van der Waals surface area contributed by atoms with Crippen molar-refractivity contribution in [2.24, 2.45) is 0 Å². The first-order valence-electron chi connectivity index (χ1n) is 17.2. The zero-order chi connectivity index (χ0) is 37.9. The topological polar surface area (TPSA) is 178 Å². The predicted octanol–water partition coefficient (Wildman–Crippen LogP) is 2.80. The number of amides is 4. The van der Waals surface area contributed by atoms with Crippen LogP contribution in [0.3, 0.4) is 0 Å². The summed E-state index contributed by atoms with van der Waals surface area (Å²) in [6, 6.07) is 20.1. The smallest absolute Gasteiger partial charge is 0.287 e. The number of carbonyl (C=O) groups excluding carboxylic acids is 4. The molecule has 6 rings (SSSR count). The molecule has 6 unspecified atom stereocenters. The first kappa shape index (κ1) is 38.1. The summed E-state index contributed by atoms with van der Waals surface area (Å²) in [4.78, 5) is 69.3. The molecule has 1 aliphatic heterocycles. The van der Waals surface area contributed by atoms with Crippen molar-refractivity contribution < 1.29 is 33.8 Å². The normalized spacial score (nSPS) is 20.6. The molecular formula is C39H42N4O8S2. The molecule has 1 saturated heterocycles. The van der Waals surface area contributed by atoms with Gasteiger partial charge in [0.05, 0.1) is 29.5 Å². The predicted molar refractivity (Wildman–Crippen MR) is 204 cm³/mol. The average Bonchev–Trinajstić information content (AvgIpc) is 3.64. The first-order chi connectivity index (χ1) is 25.4. The van der Waals surface area contributed by atoms with E-state index >= 15 is 0 Å². The number of hydrogen-bond acceptors (Lipinski definition) is 10. The van der Waals surface area contributed by atoms with E-state index in [0.717, 1.165) is 22.8 Å². The van der Waals surface area contributed by atoms with Crippen molar-refractivity contribution in [3.8, 4) is 0 Å². The van der Waals surface area contributed by atoms with Gasteiger partial charge in [0.2, 0.25) is 11.8 Å². The molecule has 5 N–H and O–H groups in total. The quantitative estimate of drug-likeness (QED) is 0.144. The molecule has 2 heterocycles. The molecular weight excluding hydrogens is 717 g/mol. The second-order valence-corrected chi connectivity index (χ2v) is 16.3. The zero-order valence-electron chi connectivity index (χ0n) is 29.5. The molecule has 12 nitrogen and oxygen atoms in total. The second-order valence-electron chi connectivity index (χ2n) is 13.7. The van der Waals surface area contributed by atoms with Gasteiger partial charge in [0, 0.05) is 23.0 Å². The molecule has 0 saturated carbocycles. The lowest BCUT2D eigenvalue weighted by Gasteiger charge is -2.34. The molecule has 4 amide bonds. The first-order valence-corrected chi connectivity index (χ1v) is 19.6. The van der Waals surface area contributed by atoms with E-state index in [2.05, 4.69) is 16.0 Å². The molecule has 0 radical (unpaired) electrons. The molecule has 14 heteroatoms. The fourth-order valence-electron chi connectivity index (χ4n) is 6.92. The van der Waals surface area contributed by atoms with Crippen molar-refractivity contribution in [3.63, 3.8) is 0 Å². The van der Waals surface area contributed by atoms with Crippen LogP contribution in [0.15, 0.2) is 94.1 Å². The zero-order valence-corrected chi connectivity index (χ0v) is 31.1. The Hall–Kier alpha value is -4.63. The van der Waals surface area contributed by atoms with Crippen molar-refractivity contribution >= 4 is 58.1 Å². The van der Waals surface area contributed by atoms with Gasteiger partial charge in [-0.25, -0.2) is 0 Å². The number of rotatable bonds is 12. The number of hydrogen-bond donors (Lipinski definition) is 5. The summed E-state index contributed by atoms with van der Waals surface area (Å²) in [5.41, 5.74) is 2.29. The van der Waals surface area contributed by atoms with Crippen molar-refractivity contribution in [2.75, 3.05) is 17.9 Å². The van der Waals surface area contributed by atoms with E-state index in [1.165, 1.54) is 28.4 Å². The lowest BCUT2D eigenvalue weighted by molar-refractivity contribution is -0.148. The monoisotopic (exact) mass is 758 g/mol. The number of thioether (sulfide) groups is 2. The Morgan fingerprint density at radius 3 is 2.45 bits per heavy atom. The van der Waals surface area contributed by atoms with E-state index in [9.17, 15) is 34.2 Å². The fourth-order valence-corrected chi connectivity index (χ4v) is 8.63. The van der Waals surface area contributed by atoms with Gasteiger partial charge >= 0.3 is 0 Å². The minimum Gasteiger partial charge on any atom is -0.451 e. The molecule has 3 aromatic carbocycles. The van der Waals surface area contributed by atoms with Crippen LogP contribution in [-0.4, -0.2) is 91.7 Å². The van der Waals surface area contributed by atoms with Gasteiger partial charge < -0.3 is 35.5 Å². The standard InChI is InChI=1S/C39H42N4O8S2/c1-39(2)34(37(49)42-32-24-14-8-7-13-23(24)18-29(32)45)43(21-53-39)38(50)33(46)26(17-22-11-5-4-6-12-22)40-35(47)27(20-52-3)41-36(48)31-19-28(44)25-15-9-10-16-30(25)51-31/h4-16,19,26-27,29,32-34,45-46H,17-18,20-21H2,1-3H3,(H,40,47)(H,41,48)(H,42,49). The third-order valence-electron chi connectivity index (χ3n) is 9.65. The highest BCUT2D eigenvalue weighted by molar-refractivity contribution is 8.00. The van der Waals surface area contributed by atoms with Crippen LogP contribution in [0.4, 0.5) is 0 Å². The summed E-state index contributed by atoms with van der Waals surface area (Å²) in [6.07, 6.45) is -0.401. The van der Waals surface area contributed by atoms with E-state index < -0.39 is 70.2 Å². The van der Waals surface area contributed by atoms with E-state index in [1.54, 1.807) is 54.8 Å². The van der Waals surface area contributed by atoms with E-state index in [0.29, 0.717) is 11.8 Å². The van der Waals surface area contributed by atoms with Crippen LogP contribution in [-0.2, 0) is 27.2 Å². The molecule has 1 fully saturated rings. The summed E-state index contributed by atoms with van der Waals surface area (Å²) >= 11 is 2.67. The van der Waals surface area contributed by atoms with Crippen LogP contribution in [0.2, 0.25) is 0 Å². The minimum absolute atomic E-state index is 0.0608. The van der Waals surface area contributed by atoms with Crippen LogP contribution >= 0.6 is 23.5 Å². The number of aliphatic hydroxyl groups is 2. The van der Waals surface area contributed by atoms with Crippen molar-refractivity contribution in [2.45, 2.75) is 67.8 Å². The van der Waals surface area contributed by atoms with Gasteiger partial charge in [-0.3, -0.25) is 24.0 Å². The van der Waals surface area contributed by atoms with Crippen LogP contribution in [0, 0.1) is 0 Å². The van der Waals surface area contributed by atoms with Crippen LogP contribution in [0.1, 0.15) is 47.1 Å². The van der Waals surface area contributed by atoms with Crippen LogP contribution in [0.25, 0.3) is 11.0 Å². The number of fused-ring (bicyclic) bond motifs is 2. The molecule has 4 aromatic rings. The number of carbonyl (C=O) groups is 4. The molecule has 0 bridgehead atoms. The minimum atomic E-state index is -1.77. The maximum atomic E-state index is 14.2. The number of para-hydroxylation sites is 1. The van der Waals surface area contributed by atoms with Gasteiger partial charge in [-0.1, -0.05) is 66.7 Å². The summed E-state index contributed by atoms with van der Waals surface area (Å²) in [7, 11) is 0. The summed E-state index contributed by atoms with van der Waals surface area (Å²) in [6.45, 7) is 3.69. The molecule has 53 heavy (non-hydrogen) atoms. The van der Waals surface area contributed by atoms with Gasteiger partial charge in [0.15, 0.2) is 17.3 Å². The third kappa shape index (κ3) is 8.30.